The summed E-state index contributed by atoms with van der Waals surface area (Å²) in [7, 11) is 0. The van der Waals surface area contributed by atoms with Crippen LogP contribution in [-0.4, -0.2) is 13.1 Å². The summed E-state index contributed by atoms with van der Waals surface area (Å²) in [5.41, 5.74) is 0.352. The van der Waals surface area contributed by atoms with Crippen molar-refractivity contribution in [3.63, 3.8) is 0 Å². The number of thiophene rings is 1. The average Bonchev–Trinajstić information content (AvgIpc) is 2.75. The highest BCUT2D eigenvalue weighted by Gasteiger charge is 2.28. The highest BCUT2D eigenvalue weighted by molar-refractivity contribution is 7.11. The van der Waals surface area contributed by atoms with Gasteiger partial charge in [-0.1, -0.05) is 41.5 Å². The summed E-state index contributed by atoms with van der Waals surface area (Å²) in [6, 6.07) is 4.62. The van der Waals surface area contributed by atoms with E-state index in [2.05, 4.69) is 59.0 Å². The summed E-state index contributed by atoms with van der Waals surface area (Å²) in [5.74, 6) is 1.42. The Morgan fingerprint density at radius 3 is 2.26 bits per heavy atom. The molecule has 0 saturated carbocycles. The summed E-state index contributed by atoms with van der Waals surface area (Å²) in [6.07, 6.45) is 2.36. The molecule has 2 heteroatoms. The van der Waals surface area contributed by atoms with Gasteiger partial charge in [-0.3, -0.25) is 0 Å². The Morgan fingerprint density at radius 1 is 1.16 bits per heavy atom. The molecule has 0 saturated heterocycles. The van der Waals surface area contributed by atoms with Gasteiger partial charge in [0.05, 0.1) is 0 Å². The molecule has 0 aliphatic heterocycles. The SMILES string of the molecule is CCc1ccc(CC(C)(CNCC(C)C)C(C)C)s1. The van der Waals surface area contributed by atoms with Crippen LogP contribution in [0.25, 0.3) is 0 Å². The first-order valence-electron chi connectivity index (χ1n) is 7.65. The van der Waals surface area contributed by atoms with Gasteiger partial charge in [0.25, 0.3) is 0 Å². The number of aryl methyl sites for hydroxylation is 1. The van der Waals surface area contributed by atoms with E-state index in [0.29, 0.717) is 11.3 Å². The van der Waals surface area contributed by atoms with Gasteiger partial charge < -0.3 is 5.32 Å². The summed E-state index contributed by atoms with van der Waals surface area (Å²) in [4.78, 5) is 3.05. The topological polar surface area (TPSA) is 12.0 Å². The van der Waals surface area contributed by atoms with E-state index in [0.717, 1.165) is 25.4 Å². The van der Waals surface area contributed by atoms with Crippen LogP contribution in [0, 0.1) is 17.3 Å². The number of nitrogens with one attached hydrogen (secondary N) is 1. The van der Waals surface area contributed by atoms with E-state index in [-0.39, 0.29) is 0 Å². The molecule has 0 aliphatic carbocycles. The summed E-state index contributed by atoms with van der Waals surface area (Å²) < 4.78 is 0. The third-order valence-corrected chi connectivity index (χ3v) is 5.35. The van der Waals surface area contributed by atoms with Crippen molar-refractivity contribution in [2.24, 2.45) is 17.3 Å². The molecule has 0 bridgehead atoms. The predicted molar refractivity (Wildman–Crippen MR) is 88.1 cm³/mol. The molecular formula is C17H31NS. The van der Waals surface area contributed by atoms with Crippen LogP contribution >= 0.6 is 11.3 Å². The van der Waals surface area contributed by atoms with Crippen molar-refractivity contribution in [3.05, 3.63) is 21.9 Å². The Balaban J connectivity index is 2.64. The molecule has 1 rings (SSSR count). The van der Waals surface area contributed by atoms with Crippen LogP contribution in [0.1, 0.15) is 51.3 Å². The molecule has 1 atom stereocenters. The molecule has 0 fully saturated rings. The number of hydrogen-bond acceptors (Lipinski definition) is 2. The molecule has 0 aromatic carbocycles. The molecule has 1 aromatic rings. The Hall–Kier alpha value is -0.340. The van der Waals surface area contributed by atoms with Gasteiger partial charge >= 0.3 is 0 Å². The second-order valence-corrected chi connectivity index (χ2v) is 7.98. The lowest BCUT2D eigenvalue weighted by Gasteiger charge is -2.34. The minimum absolute atomic E-state index is 0.352. The van der Waals surface area contributed by atoms with Gasteiger partial charge in [-0.2, -0.15) is 0 Å². The van der Waals surface area contributed by atoms with Crippen LogP contribution < -0.4 is 5.32 Å². The summed E-state index contributed by atoms with van der Waals surface area (Å²) in [5, 5.41) is 3.65. The van der Waals surface area contributed by atoms with Crippen molar-refractivity contribution in [1.29, 1.82) is 0 Å². The van der Waals surface area contributed by atoms with E-state index in [4.69, 9.17) is 0 Å². The Kier molecular flexibility index (Phi) is 6.55. The minimum atomic E-state index is 0.352. The highest BCUT2D eigenvalue weighted by atomic mass is 32.1. The van der Waals surface area contributed by atoms with E-state index in [1.807, 2.05) is 11.3 Å². The summed E-state index contributed by atoms with van der Waals surface area (Å²) in [6.45, 7) is 16.1. The molecular weight excluding hydrogens is 250 g/mol. The molecule has 0 aliphatic rings. The molecule has 1 aromatic heterocycles. The van der Waals surface area contributed by atoms with Crippen molar-refractivity contribution < 1.29 is 0 Å². The molecule has 0 spiro atoms. The first kappa shape index (κ1) is 16.7. The van der Waals surface area contributed by atoms with Crippen LogP contribution in [0.4, 0.5) is 0 Å². The van der Waals surface area contributed by atoms with E-state index >= 15 is 0 Å². The highest BCUT2D eigenvalue weighted by Crippen LogP contribution is 2.33. The molecule has 0 radical (unpaired) electrons. The summed E-state index contributed by atoms with van der Waals surface area (Å²) >= 11 is 1.99. The molecule has 1 unspecified atom stereocenters. The van der Waals surface area contributed by atoms with E-state index in [9.17, 15) is 0 Å². The molecule has 19 heavy (non-hydrogen) atoms. The van der Waals surface area contributed by atoms with Crippen molar-refractivity contribution in [2.45, 2.75) is 54.4 Å². The molecule has 1 N–H and O–H groups in total. The average molecular weight is 282 g/mol. The molecule has 0 amide bonds. The minimum Gasteiger partial charge on any atom is -0.316 e. The molecule has 110 valence electrons. The zero-order chi connectivity index (χ0) is 14.5. The second-order valence-electron chi connectivity index (χ2n) is 6.73. The lowest BCUT2D eigenvalue weighted by Crippen LogP contribution is -2.39. The maximum atomic E-state index is 3.65. The largest absolute Gasteiger partial charge is 0.316 e. The molecule has 1 nitrogen and oxygen atoms in total. The van der Waals surface area contributed by atoms with Crippen LogP contribution in [0.2, 0.25) is 0 Å². The first-order chi connectivity index (χ1) is 8.87. The van der Waals surface area contributed by atoms with Crippen LogP contribution in [0.3, 0.4) is 0 Å². The van der Waals surface area contributed by atoms with Crippen molar-refractivity contribution >= 4 is 11.3 Å². The third kappa shape index (κ3) is 5.27. The van der Waals surface area contributed by atoms with Crippen molar-refractivity contribution in [3.8, 4) is 0 Å². The Bertz CT molecular complexity index is 367. The number of rotatable bonds is 8. The van der Waals surface area contributed by atoms with Crippen LogP contribution in [0.15, 0.2) is 12.1 Å². The van der Waals surface area contributed by atoms with E-state index in [1.54, 1.807) is 4.88 Å². The lowest BCUT2D eigenvalue weighted by molar-refractivity contribution is 0.206. The third-order valence-electron chi connectivity index (χ3n) is 4.12. The van der Waals surface area contributed by atoms with Gasteiger partial charge in [-0.25, -0.2) is 0 Å². The maximum Gasteiger partial charge on any atom is 0.00541 e. The quantitative estimate of drug-likeness (QED) is 0.724. The Morgan fingerprint density at radius 2 is 1.79 bits per heavy atom. The van der Waals surface area contributed by atoms with Crippen LogP contribution in [-0.2, 0) is 12.8 Å². The fourth-order valence-electron chi connectivity index (χ4n) is 2.22. The Labute approximate surface area is 123 Å². The monoisotopic (exact) mass is 281 g/mol. The normalized spacial score (nSPS) is 15.2. The van der Waals surface area contributed by atoms with Gasteiger partial charge in [0, 0.05) is 16.3 Å². The predicted octanol–water partition coefficient (Wildman–Crippen LogP) is 4.76. The van der Waals surface area contributed by atoms with Crippen LogP contribution in [0.5, 0.6) is 0 Å². The zero-order valence-electron chi connectivity index (χ0n) is 13.5. The van der Waals surface area contributed by atoms with Crippen molar-refractivity contribution in [1.82, 2.24) is 5.32 Å². The zero-order valence-corrected chi connectivity index (χ0v) is 14.4. The smallest absolute Gasteiger partial charge is 0.00541 e. The van der Waals surface area contributed by atoms with Gasteiger partial charge in [0.2, 0.25) is 0 Å². The van der Waals surface area contributed by atoms with E-state index < -0.39 is 0 Å². The fourth-order valence-corrected chi connectivity index (χ4v) is 3.38. The van der Waals surface area contributed by atoms with Gasteiger partial charge in [-0.15, -0.1) is 11.3 Å². The fraction of sp³-hybridized carbons (Fsp3) is 0.765. The lowest BCUT2D eigenvalue weighted by atomic mass is 9.76. The number of hydrogen-bond donors (Lipinski definition) is 1. The van der Waals surface area contributed by atoms with E-state index in [1.165, 1.54) is 11.3 Å². The maximum absolute atomic E-state index is 3.65. The van der Waals surface area contributed by atoms with Gasteiger partial charge in [0.15, 0.2) is 0 Å². The van der Waals surface area contributed by atoms with Gasteiger partial charge in [0.1, 0.15) is 0 Å². The van der Waals surface area contributed by atoms with Crippen molar-refractivity contribution in [2.75, 3.05) is 13.1 Å². The molecule has 1 heterocycles. The second kappa shape index (κ2) is 7.44. The first-order valence-corrected chi connectivity index (χ1v) is 8.47. The van der Waals surface area contributed by atoms with Gasteiger partial charge in [-0.05, 0) is 48.8 Å². The standard InChI is InChI=1S/C17H31NS/c1-7-15-8-9-16(19-15)10-17(6,14(4)5)12-18-11-13(2)3/h8-9,13-14,18H,7,10-12H2,1-6H3.